The van der Waals surface area contributed by atoms with Gasteiger partial charge in [-0.2, -0.15) is 0 Å². The highest BCUT2D eigenvalue weighted by Gasteiger charge is 2.42. The van der Waals surface area contributed by atoms with Crippen LogP contribution in [0, 0.1) is 0 Å². The van der Waals surface area contributed by atoms with Crippen molar-refractivity contribution in [1.82, 2.24) is 9.80 Å². The molecule has 4 rings (SSSR count). The van der Waals surface area contributed by atoms with E-state index in [0.29, 0.717) is 28.6 Å². The number of ether oxygens (including phenoxy) is 1. The molecule has 31 heavy (non-hydrogen) atoms. The number of hydrogen-bond acceptors (Lipinski definition) is 6. The topological polar surface area (TPSA) is 83.2 Å². The fourth-order valence-corrected chi connectivity index (χ4v) is 4.35. The second kappa shape index (κ2) is 8.36. The van der Waals surface area contributed by atoms with E-state index in [4.69, 9.17) is 9.15 Å². The zero-order chi connectivity index (χ0) is 22.3. The van der Waals surface area contributed by atoms with Crippen LogP contribution in [0.25, 0.3) is 11.0 Å². The number of carbonyl (C=O) groups is 1. The van der Waals surface area contributed by atoms with E-state index < -0.39 is 6.04 Å². The van der Waals surface area contributed by atoms with Gasteiger partial charge in [-0.05, 0) is 63.0 Å². The molecule has 1 N–H and O–H groups in total. The third-order valence-corrected chi connectivity index (χ3v) is 5.94. The number of benzene rings is 2. The molecule has 0 spiro atoms. The second-order valence-electron chi connectivity index (χ2n) is 7.80. The van der Waals surface area contributed by atoms with E-state index >= 15 is 0 Å². The van der Waals surface area contributed by atoms with Crippen LogP contribution in [0.1, 0.15) is 34.1 Å². The lowest BCUT2D eigenvalue weighted by Gasteiger charge is -2.26. The van der Waals surface area contributed by atoms with Crippen molar-refractivity contribution in [2.45, 2.75) is 12.5 Å². The Labute approximate surface area is 188 Å². The maximum absolute atomic E-state index is 13.5. The van der Waals surface area contributed by atoms with E-state index in [1.807, 2.05) is 19.0 Å². The fourth-order valence-electron chi connectivity index (χ4n) is 3.99. The van der Waals surface area contributed by atoms with Crippen molar-refractivity contribution in [3.05, 3.63) is 68.0 Å². The molecule has 2 aromatic carbocycles. The van der Waals surface area contributed by atoms with Gasteiger partial charge in [0.05, 0.1) is 24.1 Å². The third kappa shape index (κ3) is 3.81. The first-order valence-corrected chi connectivity index (χ1v) is 10.7. The quantitative estimate of drug-likeness (QED) is 0.570. The van der Waals surface area contributed by atoms with Crippen molar-refractivity contribution in [3.63, 3.8) is 0 Å². The molecular weight excluding hydrogens is 464 g/mol. The molecule has 1 atom stereocenters. The fraction of sp³-hybridized carbons (Fsp3) is 0.304. The smallest absolute Gasteiger partial charge is 0.290 e. The number of carbonyl (C=O) groups excluding carboxylic acids is 1. The summed E-state index contributed by atoms with van der Waals surface area (Å²) in [5.74, 6) is 0.0263. The molecule has 1 aliphatic heterocycles. The van der Waals surface area contributed by atoms with Gasteiger partial charge in [0, 0.05) is 11.0 Å². The number of halogens is 1. The van der Waals surface area contributed by atoms with Gasteiger partial charge in [-0.3, -0.25) is 9.59 Å². The minimum absolute atomic E-state index is 0.00979. The molecule has 0 fully saturated rings. The summed E-state index contributed by atoms with van der Waals surface area (Å²) in [6, 6.07) is 9.40. The Morgan fingerprint density at radius 1 is 1.19 bits per heavy atom. The highest BCUT2D eigenvalue weighted by atomic mass is 79.9. The van der Waals surface area contributed by atoms with Crippen molar-refractivity contribution in [1.29, 1.82) is 0 Å². The Kier molecular flexibility index (Phi) is 5.77. The van der Waals surface area contributed by atoms with Gasteiger partial charge in [0.25, 0.3) is 5.91 Å². The Morgan fingerprint density at radius 3 is 2.68 bits per heavy atom. The number of hydrogen-bond donors (Lipinski definition) is 1. The highest BCUT2D eigenvalue weighted by molar-refractivity contribution is 9.10. The van der Waals surface area contributed by atoms with Crippen LogP contribution < -0.4 is 10.2 Å². The number of rotatable bonds is 6. The molecule has 8 heteroatoms. The standard InChI is InChI=1S/C23H23BrN2O5/c1-25(2)9-4-10-26-20(13-5-7-16(27)18(11-13)30-3)19-21(28)15-12-14(24)6-8-17(15)31-22(19)23(26)29/h5-8,11-12,20,27H,4,9-10H2,1-3H3. The number of nitrogens with zero attached hydrogens (tertiary/aromatic N) is 2. The van der Waals surface area contributed by atoms with E-state index in [2.05, 4.69) is 15.9 Å². The molecule has 3 aromatic rings. The van der Waals surface area contributed by atoms with Crippen molar-refractivity contribution in [3.8, 4) is 11.5 Å². The van der Waals surface area contributed by atoms with Crippen molar-refractivity contribution >= 4 is 32.8 Å². The minimum Gasteiger partial charge on any atom is -0.504 e. The number of phenolic OH excluding ortho intramolecular Hbond substituents is 1. The largest absolute Gasteiger partial charge is 0.504 e. The molecule has 0 saturated heterocycles. The molecule has 1 amide bonds. The number of methoxy groups -OCH3 is 1. The van der Waals surface area contributed by atoms with Crippen LogP contribution in [-0.4, -0.2) is 55.1 Å². The van der Waals surface area contributed by atoms with Gasteiger partial charge in [-0.15, -0.1) is 0 Å². The van der Waals surface area contributed by atoms with E-state index in [0.717, 1.165) is 17.4 Å². The van der Waals surface area contributed by atoms with Gasteiger partial charge >= 0.3 is 0 Å². The van der Waals surface area contributed by atoms with Crippen molar-refractivity contribution in [2.24, 2.45) is 0 Å². The Hall–Kier alpha value is -2.84. The predicted molar refractivity (Wildman–Crippen MR) is 121 cm³/mol. The number of fused-ring (bicyclic) bond motifs is 2. The first-order chi connectivity index (χ1) is 14.8. The summed E-state index contributed by atoms with van der Waals surface area (Å²) in [7, 11) is 5.40. The minimum atomic E-state index is -0.626. The summed E-state index contributed by atoms with van der Waals surface area (Å²) in [5, 5.41) is 10.4. The van der Waals surface area contributed by atoms with E-state index in [1.165, 1.54) is 13.2 Å². The molecule has 1 aliphatic rings. The maximum atomic E-state index is 13.5. The number of phenols is 1. The van der Waals surface area contributed by atoms with Gasteiger partial charge in [-0.25, -0.2) is 0 Å². The van der Waals surface area contributed by atoms with Gasteiger partial charge in [0.2, 0.25) is 5.76 Å². The lowest BCUT2D eigenvalue weighted by molar-refractivity contribution is 0.0722. The van der Waals surface area contributed by atoms with Crippen LogP contribution in [0.2, 0.25) is 0 Å². The number of aromatic hydroxyl groups is 1. The van der Waals surface area contributed by atoms with E-state index in [1.54, 1.807) is 35.2 Å². The van der Waals surface area contributed by atoms with Gasteiger partial charge < -0.3 is 24.1 Å². The zero-order valence-corrected chi connectivity index (χ0v) is 19.1. The Bertz CT molecular complexity index is 1220. The van der Waals surface area contributed by atoms with Gasteiger partial charge in [0.15, 0.2) is 16.9 Å². The van der Waals surface area contributed by atoms with Crippen molar-refractivity contribution in [2.75, 3.05) is 34.3 Å². The lowest BCUT2D eigenvalue weighted by atomic mass is 9.98. The Morgan fingerprint density at radius 2 is 1.97 bits per heavy atom. The monoisotopic (exact) mass is 486 g/mol. The summed E-state index contributed by atoms with van der Waals surface area (Å²) in [6.07, 6.45) is 0.734. The molecule has 1 aromatic heterocycles. The highest BCUT2D eigenvalue weighted by Crippen LogP contribution is 2.40. The zero-order valence-electron chi connectivity index (χ0n) is 17.5. The molecule has 1 unspecified atom stereocenters. The molecular formula is C23H23BrN2O5. The molecule has 0 saturated carbocycles. The first kappa shape index (κ1) is 21.4. The summed E-state index contributed by atoms with van der Waals surface area (Å²) in [5.41, 5.74) is 1.12. The SMILES string of the molecule is COc1cc(C2c3c(oc4ccc(Br)cc4c3=O)C(=O)N2CCCN(C)C)ccc1O. The molecule has 162 valence electrons. The van der Waals surface area contributed by atoms with Crippen molar-refractivity contribution < 1.29 is 19.1 Å². The average molecular weight is 487 g/mol. The predicted octanol–water partition coefficient (Wildman–Crippen LogP) is 3.77. The lowest BCUT2D eigenvalue weighted by Crippen LogP contribution is -2.32. The molecule has 7 nitrogen and oxygen atoms in total. The third-order valence-electron chi connectivity index (χ3n) is 5.45. The van der Waals surface area contributed by atoms with Crippen LogP contribution >= 0.6 is 15.9 Å². The average Bonchev–Trinajstić information content (AvgIpc) is 3.01. The van der Waals surface area contributed by atoms with Gasteiger partial charge in [-0.1, -0.05) is 22.0 Å². The van der Waals surface area contributed by atoms with E-state index in [-0.39, 0.29) is 28.6 Å². The van der Waals surface area contributed by atoms with Crippen LogP contribution in [0.4, 0.5) is 0 Å². The summed E-state index contributed by atoms with van der Waals surface area (Å²) >= 11 is 3.40. The molecule has 0 bridgehead atoms. The van der Waals surface area contributed by atoms with Crippen LogP contribution in [0.15, 0.2) is 50.1 Å². The first-order valence-electron chi connectivity index (χ1n) is 9.90. The summed E-state index contributed by atoms with van der Waals surface area (Å²) in [6.45, 7) is 1.25. The van der Waals surface area contributed by atoms with Crippen LogP contribution in [0.5, 0.6) is 11.5 Å². The van der Waals surface area contributed by atoms with Gasteiger partial charge in [0.1, 0.15) is 5.58 Å². The maximum Gasteiger partial charge on any atom is 0.290 e. The normalized spacial score (nSPS) is 15.7. The summed E-state index contributed by atoms with van der Waals surface area (Å²) in [4.78, 5) is 30.5. The van der Waals surface area contributed by atoms with E-state index in [9.17, 15) is 14.7 Å². The Balaban J connectivity index is 1.90. The number of amides is 1. The molecule has 0 radical (unpaired) electrons. The van der Waals surface area contributed by atoms with Crippen LogP contribution in [0.3, 0.4) is 0 Å². The molecule has 0 aliphatic carbocycles. The van der Waals surface area contributed by atoms with Crippen LogP contribution in [-0.2, 0) is 0 Å². The molecule has 2 heterocycles. The second-order valence-corrected chi connectivity index (χ2v) is 8.72. The summed E-state index contributed by atoms with van der Waals surface area (Å²) < 4.78 is 11.9.